The van der Waals surface area contributed by atoms with E-state index in [0.29, 0.717) is 0 Å². The molecule has 1 heterocycles. The summed E-state index contributed by atoms with van der Waals surface area (Å²) in [6, 6.07) is 62.5. The molecule has 8 aromatic carbocycles. The molecule has 1 aliphatic carbocycles. The SMILES string of the molecule is Fc1ccc2c(c1)C(c1ccccc1)(c1ccccc1)c1cc(N(c3ccccc3)c3cccc4c3oc3ccccc34)c3ccccc3c1-2. The molecule has 0 fully saturated rings. The van der Waals surface area contributed by atoms with Gasteiger partial charge in [0.05, 0.1) is 16.8 Å². The summed E-state index contributed by atoms with van der Waals surface area (Å²) in [4.78, 5) is 2.33. The van der Waals surface area contributed by atoms with Gasteiger partial charge in [-0.05, 0) is 81.2 Å². The molecule has 236 valence electrons. The lowest BCUT2D eigenvalue weighted by Crippen LogP contribution is -2.29. The largest absolute Gasteiger partial charge is 0.454 e. The molecule has 3 heteroatoms. The van der Waals surface area contributed by atoms with Gasteiger partial charge in [0.1, 0.15) is 11.4 Å². The monoisotopic (exact) mass is 643 g/mol. The number of para-hydroxylation sites is 3. The molecule has 0 saturated carbocycles. The van der Waals surface area contributed by atoms with Gasteiger partial charge in [0.15, 0.2) is 5.58 Å². The van der Waals surface area contributed by atoms with Gasteiger partial charge in [-0.15, -0.1) is 0 Å². The van der Waals surface area contributed by atoms with Crippen LogP contribution in [0.4, 0.5) is 21.5 Å². The van der Waals surface area contributed by atoms with Crippen molar-refractivity contribution in [2.45, 2.75) is 5.41 Å². The molecule has 0 amide bonds. The number of nitrogens with zero attached hydrogens (tertiary/aromatic N) is 1. The van der Waals surface area contributed by atoms with Crippen LogP contribution in [-0.2, 0) is 5.41 Å². The maximum Gasteiger partial charge on any atom is 0.159 e. The maximum atomic E-state index is 15.5. The molecule has 0 bridgehead atoms. The van der Waals surface area contributed by atoms with E-state index in [1.54, 1.807) is 12.1 Å². The molecule has 0 N–H and O–H groups in total. The Morgan fingerprint density at radius 3 is 1.78 bits per heavy atom. The highest BCUT2D eigenvalue weighted by molar-refractivity contribution is 6.14. The molecule has 1 aliphatic rings. The van der Waals surface area contributed by atoms with Crippen molar-refractivity contribution in [3.05, 3.63) is 210 Å². The van der Waals surface area contributed by atoms with Crippen molar-refractivity contribution in [2.24, 2.45) is 0 Å². The normalized spacial score (nSPS) is 13.1. The number of fused-ring (bicyclic) bond motifs is 8. The van der Waals surface area contributed by atoms with Gasteiger partial charge >= 0.3 is 0 Å². The molecule has 50 heavy (non-hydrogen) atoms. The molecule has 0 unspecified atom stereocenters. The summed E-state index contributed by atoms with van der Waals surface area (Å²) < 4.78 is 22.2. The van der Waals surface area contributed by atoms with Crippen molar-refractivity contribution in [2.75, 3.05) is 4.90 Å². The molecule has 0 atom stereocenters. The molecule has 0 spiro atoms. The van der Waals surface area contributed by atoms with E-state index in [0.717, 1.165) is 83.2 Å². The molecule has 1 aromatic heterocycles. The minimum Gasteiger partial charge on any atom is -0.454 e. The Labute approximate surface area is 289 Å². The summed E-state index contributed by atoms with van der Waals surface area (Å²) in [6.07, 6.45) is 0. The smallest absolute Gasteiger partial charge is 0.159 e. The number of halogens is 1. The number of rotatable bonds is 5. The second-order valence-corrected chi connectivity index (χ2v) is 13.0. The first kappa shape index (κ1) is 28.6. The van der Waals surface area contributed by atoms with Crippen LogP contribution in [0.1, 0.15) is 22.3 Å². The van der Waals surface area contributed by atoms with Crippen LogP contribution in [0.15, 0.2) is 186 Å². The number of anilines is 3. The first-order valence-corrected chi connectivity index (χ1v) is 17.0. The van der Waals surface area contributed by atoms with Crippen LogP contribution in [0.5, 0.6) is 0 Å². The summed E-state index contributed by atoms with van der Waals surface area (Å²) in [5.74, 6) is -0.250. The second kappa shape index (κ2) is 11.0. The Hall–Kier alpha value is -6.45. The lowest BCUT2D eigenvalue weighted by molar-refractivity contribution is 0.621. The first-order valence-electron chi connectivity index (χ1n) is 17.0. The van der Waals surface area contributed by atoms with Gasteiger partial charge in [-0.25, -0.2) is 4.39 Å². The third-order valence-corrected chi connectivity index (χ3v) is 10.4. The summed E-state index contributed by atoms with van der Waals surface area (Å²) in [5, 5.41) is 4.35. The summed E-state index contributed by atoms with van der Waals surface area (Å²) in [7, 11) is 0. The molecule has 9 aromatic rings. The first-order chi connectivity index (χ1) is 24.7. The molecule has 0 radical (unpaired) electrons. The number of hydrogen-bond acceptors (Lipinski definition) is 2. The minimum absolute atomic E-state index is 0.250. The van der Waals surface area contributed by atoms with Crippen LogP contribution in [0, 0.1) is 5.82 Å². The van der Waals surface area contributed by atoms with Crippen molar-refractivity contribution < 1.29 is 8.81 Å². The van der Waals surface area contributed by atoms with Crippen LogP contribution in [0.2, 0.25) is 0 Å². The fraction of sp³-hybridized carbons (Fsp3) is 0.0213. The quantitative estimate of drug-likeness (QED) is 0.186. The third kappa shape index (κ3) is 4.01. The van der Waals surface area contributed by atoms with E-state index >= 15 is 4.39 Å². The molecule has 0 aliphatic heterocycles. The zero-order valence-electron chi connectivity index (χ0n) is 27.1. The lowest BCUT2D eigenvalue weighted by atomic mass is 9.67. The highest BCUT2D eigenvalue weighted by Gasteiger charge is 2.47. The van der Waals surface area contributed by atoms with Crippen molar-refractivity contribution >= 4 is 49.8 Å². The number of hydrogen-bond donors (Lipinski definition) is 0. The fourth-order valence-corrected chi connectivity index (χ4v) is 8.38. The Bertz CT molecular complexity index is 2680. The van der Waals surface area contributed by atoms with Crippen molar-refractivity contribution in [1.82, 2.24) is 0 Å². The van der Waals surface area contributed by atoms with Gasteiger partial charge in [-0.3, -0.25) is 0 Å². The predicted molar refractivity (Wildman–Crippen MR) is 203 cm³/mol. The third-order valence-electron chi connectivity index (χ3n) is 10.4. The van der Waals surface area contributed by atoms with E-state index in [-0.39, 0.29) is 5.82 Å². The zero-order valence-corrected chi connectivity index (χ0v) is 27.1. The van der Waals surface area contributed by atoms with Gasteiger partial charge < -0.3 is 9.32 Å². The average molecular weight is 644 g/mol. The van der Waals surface area contributed by atoms with Crippen LogP contribution in [0.25, 0.3) is 43.8 Å². The van der Waals surface area contributed by atoms with Gasteiger partial charge in [-0.1, -0.05) is 140 Å². The highest BCUT2D eigenvalue weighted by Crippen LogP contribution is 2.60. The van der Waals surface area contributed by atoms with Crippen molar-refractivity contribution in [3.8, 4) is 11.1 Å². The number of benzene rings is 8. The van der Waals surface area contributed by atoms with E-state index in [1.165, 1.54) is 0 Å². The van der Waals surface area contributed by atoms with Gasteiger partial charge in [0.2, 0.25) is 0 Å². The van der Waals surface area contributed by atoms with Crippen LogP contribution < -0.4 is 4.90 Å². The van der Waals surface area contributed by atoms with E-state index in [4.69, 9.17) is 4.42 Å². The van der Waals surface area contributed by atoms with Gasteiger partial charge in [0.25, 0.3) is 0 Å². The van der Waals surface area contributed by atoms with Crippen LogP contribution >= 0.6 is 0 Å². The Balaban J connectivity index is 1.38. The molecule has 0 saturated heterocycles. The number of furan rings is 1. The second-order valence-electron chi connectivity index (χ2n) is 13.0. The topological polar surface area (TPSA) is 16.4 Å². The van der Waals surface area contributed by atoms with E-state index in [2.05, 4.69) is 138 Å². The highest BCUT2D eigenvalue weighted by atomic mass is 19.1. The summed E-state index contributed by atoms with van der Waals surface area (Å²) >= 11 is 0. The average Bonchev–Trinajstić information content (AvgIpc) is 3.70. The molecule has 10 rings (SSSR count). The van der Waals surface area contributed by atoms with Crippen LogP contribution in [-0.4, -0.2) is 0 Å². The fourth-order valence-electron chi connectivity index (χ4n) is 8.38. The van der Waals surface area contributed by atoms with Gasteiger partial charge in [0, 0.05) is 21.8 Å². The van der Waals surface area contributed by atoms with Crippen molar-refractivity contribution in [1.29, 1.82) is 0 Å². The standard InChI is InChI=1S/C47H30FNO/c48-33-27-28-39-40(29-33)47(31-15-4-1-5-16-31,32-17-6-2-7-18-32)41-30-43(35-21-10-11-23-37(35)45(39)41)49(34-19-8-3-9-20-34)42-25-14-24-38-36-22-12-13-26-44(36)50-46(38)42/h1-30H. The Morgan fingerprint density at radius 2 is 1.06 bits per heavy atom. The van der Waals surface area contributed by atoms with Crippen LogP contribution in [0.3, 0.4) is 0 Å². The molecule has 2 nitrogen and oxygen atoms in total. The summed E-state index contributed by atoms with van der Waals surface area (Å²) in [5.41, 5.74) is 10.3. The zero-order chi connectivity index (χ0) is 33.2. The Kier molecular flexibility index (Phi) is 6.31. The van der Waals surface area contributed by atoms with Gasteiger partial charge in [-0.2, -0.15) is 0 Å². The van der Waals surface area contributed by atoms with E-state index < -0.39 is 5.41 Å². The van der Waals surface area contributed by atoms with E-state index in [1.807, 2.05) is 36.4 Å². The Morgan fingerprint density at radius 1 is 0.460 bits per heavy atom. The lowest BCUT2D eigenvalue weighted by Gasteiger charge is -2.35. The molecular formula is C47H30FNO. The van der Waals surface area contributed by atoms with Crippen molar-refractivity contribution in [3.63, 3.8) is 0 Å². The van der Waals surface area contributed by atoms with E-state index in [9.17, 15) is 0 Å². The molecular weight excluding hydrogens is 614 g/mol. The summed E-state index contributed by atoms with van der Waals surface area (Å²) in [6.45, 7) is 0. The predicted octanol–water partition coefficient (Wildman–Crippen LogP) is 12.7. The minimum atomic E-state index is -0.776. The maximum absolute atomic E-state index is 15.5.